The van der Waals surface area contributed by atoms with E-state index in [1.165, 1.54) is 0 Å². The van der Waals surface area contributed by atoms with Gasteiger partial charge in [0, 0.05) is 54.4 Å². The number of benzene rings is 2. The fraction of sp³-hybridized carbons (Fsp3) is 0.367. The molecule has 2 aromatic heterocycles. The van der Waals surface area contributed by atoms with Gasteiger partial charge in [0.2, 0.25) is 5.91 Å². The number of carbonyl (C=O) groups is 2. The molecule has 202 valence electrons. The van der Waals surface area contributed by atoms with E-state index in [2.05, 4.69) is 16.0 Å². The van der Waals surface area contributed by atoms with Crippen LogP contribution in [0.3, 0.4) is 0 Å². The summed E-state index contributed by atoms with van der Waals surface area (Å²) in [6, 6.07) is 13.9. The van der Waals surface area contributed by atoms with Crippen molar-refractivity contribution in [2.75, 3.05) is 33.4 Å². The summed E-state index contributed by atoms with van der Waals surface area (Å²) in [6.07, 6.45) is 6.14. The summed E-state index contributed by atoms with van der Waals surface area (Å²) < 4.78 is 13.7. The number of rotatable bonds is 8. The van der Waals surface area contributed by atoms with Crippen LogP contribution in [0, 0.1) is 0 Å². The van der Waals surface area contributed by atoms with Gasteiger partial charge in [0.05, 0.1) is 32.3 Å². The molecule has 0 bridgehead atoms. The van der Waals surface area contributed by atoms with Crippen LogP contribution in [0.5, 0.6) is 11.5 Å². The normalized spacial score (nSPS) is 20.7. The van der Waals surface area contributed by atoms with Crippen molar-refractivity contribution >= 4 is 22.7 Å². The van der Waals surface area contributed by atoms with Crippen molar-refractivity contribution in [3.8, 4) is 11.5 Å². The lowest BCUT2D eigenvalue weighted by molar-refractivity contribution is -0.166. The van der Waals surface area contributed by atoms with E-state index in [-0.39, 0.29) is 24.3 Å². The van der Waals surface area contributed by atoms with Crippen molar-refractivity contribution in [1.82, 2.24) is 24.3 Å². The molecule has 1 N–H and O–H groups in total. The average molecular weight is 528 g/mol. The molecule has 2 aromatic carbocycles. The zero-order chi connectivity index (χ0) is 27.1. The number of para-hydroxylation sites is 2. The molecule has 2 amide bonds. The zero-order valence-corrected chi connectivity index (χ0v) is 22.5. The molecule has 1 fully saturated rings. The molecule has 0 unspecified atom stereocenters. The molecule has 0 radical (unpaired) electrons. The van der Waals surface area contributed by atoms with Crippen molar-refractivity contribution in [3.05, 3.63) is 78.0 Å². The molecule has 4 aromatic rings. The number of hydrogen-bond donors (Lipinski definition) is 1. The third kappa shape index (κ3) is 3.95. The minimum absolute atomic E-state index is 0.0603. The van der Waals surface area contributed by atoms with Gasteiger partial charge in [-0.1, -0.05) is 30.3 Å². The van der Waals surface area contributed by atoms with E-state index < -0.39 is 5.54 Å². The SMILES string of the molecule is CCOc1c(OC)cccc1[C@@H]1CN2C(=O)CN(CCCn3ccnc3)C(=O)[C@]2(C)c2[nH]c3ccccc3c21. The number of carbonyl (C=O) groups excluding carboxylic acids is 2. The second-order valence-electron chi connectivity index (χ2n) is 10.3. The summed E-state index contributed by atoms with van der Waals surface area (Å²) in [4.78, 5) is 39.1. The van der Waals surface area contributed by atoms with Crippen LogP contribution < -0.4 is 9.47 Å². The van der Waals surface area contributed by atoms with Gasteiger partial charge in [-0.15, -0.1) is 0 Å². The number of aryl methyl sites for hydroxylation is 1. The minimum Gasteiger partial charge on any atom is -0.493 e. The summed E-state index contributed by atoms with van der Waals surface area (Å²) >= 11 is 0. The lowest BCUT2D eigenvalue weighted by Crippen LogP contribution is -2.67. The van der Waals surface area contributed by atoms with Crippen LogP contribution in [0.2, 0.25) is 0 Å². The van der Waals surface area contributed by atoms with E-state index in [4.69, 9.17) is 9.47 Å². The summed E-state index contributed by atoms with van der Waals surface area (Å²) in [6.45, 7) is 5.97. The number of nitrogens with zero attached hydrogens (tertiary/aromatic N) is 4. The number of hydrogen-bond acceptors (Lipinski definition) is 5. The molecule has 0 aliphatic carbocycles. The largest absolute Gasteiger partial charge is 0.493 e. The van der Waals surface area contributed by atoms with Crippen molar-refractivity contribution < 1.29 is 19.1 Å². The van der Waals surface area contributed by atoms with Gasteiger partial charge in [-0.05, 0) is 38.0 Å². The van der Waals surface area contributed by atoms with Gasteiger partial charge in [-0.3, -0.25) is 9.59 Å². The Morgan fingerprint density at radius 1 is 1.13 bits per heavy atom. The maximum absolute atomic E-state index is 14.2. The standard InChI is InChI=1S/C30H33N5O4/c1-4-39-27-20(10-7-12-24(27)38-3)22-17-35-25(36)18-34(15-8-14-33-16-13-31-19-33)29(37)30(35,2)28-26(22)21-9-5-6-11-23(21)32-28/h5-7,9-13,16,19,22,32H,4,8,14-15,17-18H2,1-3H3/t22-,30-/m0/s1. The molecule has 4 heterocycles. The first-order valence-electron chi connectivity index (χ1n) is 13.4. The van der Waals surface area contributed by atoms with E-state index in [1.54, 1.807) is 29.4 Å². The molecule has 2 aliphatic heterocycles. The van der Waals surface area contributed by atoms with Gasteiger partial charge in [0.15, 0.2) is 17.0 Å². The predicted molar refractivity (Wildman–Crippen MR) is 147 cm³/mol. The zero-order valence-electron chi connectivity index (χ0n) is 22.5. The first kappa shape index (κ1) is 25.0. The molecular formula is C30H33N5O4. The number of nitrogens with one attached hydrogen (secondary N) is 1. The quantitative estimate of drug-likeness (QED) is 0.375. The molecule has 0 saturated carbocycles. The molecule has 1 saturated heterocycles. The first-order valence-corrected chi connectivity index (χ1v) is 13.4. The lowest BCUT2D eigenvalue weighted by atomic mass is 9.76. The van der Waals surface area contributed by atoms with Crippen LogP contribution in [0.15, 0.2) is 61.2 Å². The van der Waals surface area contributed by atoms with Crippen LogP contribution in [0.25, 0.3) is 10.9 Å². The maximum atomic E-state index is 14.2. The Bertz CT molecular complexity index is 1530. The van der Waals surface area contributed by atoms with Gasteiger partial charge in [-0.25, -0.2) is 4.98 Å². The highest BCUT2D eigenvalue weighted by Crippen LogP contribution is 2.50. The van der Waals surface area contributed by atoms with Gasteiger partial charge >= 0.3 is 0 Å². The highest BCUT2D eigenvalue weighted by molar-refractivity contribution is 6.01. The number of fused-ring (bicyclic) bond motifs is 5. The second kappa shape index (κ2) is 9.80. The number of imidazole rings is 1. The molecule has 9 heteroatoms. The van der Waals surface area contributed by atoms with Crippen LogP contribution in [0.4, 0.5) is 0 Å². The highest BCUT2D eigenvalue weighted by atomic mass is 16.5. The fourth-order valence-corrected chi connectivity index (χ4v) is 6.27. The number of methoxy groups -OCH3 is 1. The van der Waals surface area contributed by atoms with Crippen molar-refractivity contribution in [2.45, 2.75) is 38.3 Å². The van der Waals surface area contributed by atoms with Gasteiger partial charge in [0.1, 0.15) is 0 Å². The van der Waals surface area contributed by atoms with Crippen molar-refractivity contribution in [1.29, 1.82) is 0 Å². The Kier molecular flexibility index (Phi) is 6.29. The fourth-order valence-electron chi connectivity index (χ4n) is 6.27. The Balaban J connectivity index is 1.45. The minimum atomic E-state index is -1.14. The van der Waals surface area contributed by atoms with E-state index in [1.807, 2.05) is 61.0 Å². The van der Waals surface area contributed by atoms with Crippen LogP contribution >= 0.6 is 0 Å². The molecule has 39 heavy (non-hydrogen) atoms. The summed E-state index contributed by atoms with van der Waals surface area (Å²) in [5.74, 6) is 0.994. The number of aromatic nitrogens is 3. The van der Waals surface area contributed by atoms with Gasteiger partial charge in [0.25, 0.3) is 5.91 Å². The number of amides is 2. The summed E-state index contributed by atoms with van der Waals surface area (Å²) in [7, 11) is 1.63. The lowest BCUT2D eigenvalue weighted by Gasteiger charge is -2.51. The molecule has 2 atom stereocenters. The third-order valence-electron chi connectivity index (χ3n) is 8.11. The van der Waals surface area contributed by atoms with Crippen molar-refractivity contribution in [3.63, 3.8) is 0 Å². The monoisotopic (exact) mass is 527 g/mol. The number of ether oxygens (including phenoxy) is 2. The second-order valence-corrected chi connectivity index (χ2v) is 10.3. The van der Waals surface area contributed by atoms with Crippen LogP contribution in [-0.4, -0.2) is 69.5 Å². The summed E-state index contributed by atoms with van der Waals surface area (Å²) in [5.41, 5.74) is 2.53. The molecular weight excluding hydrogens is 494 g/mol. The first-order chi connectivity index (χ1) is 19.0. The van der Waals surface area contributed by atoms with E-state index in [0.717, 1.165) is 40.7 Å². The number of H-pyrrole nitrogens is 1. The molecule has 2 aliphatic rings. The number of piperazine rings is 1. The third-order valence-corrected chi connectivity index (χ3v) is 8.11. The number of aromatic amines is 1. The van der Waals surface area contributed by atoms with Crippen LogP contribution in [0.1, 0.15) is 43.0 Å². The van der Waals surface area contributed by atoms with Gasteiger partial charge in [-0.2, -0.15) is 0 Å². The topological polar surface area (TPSA) is 92.7 Å². The van der Waals surface area contributed by atoms with Gasteiger partial charge < -0.3 is 28.8 Å². The highest BCUT2D eigenvalue weighted by Gasteiger charge is 2.56. The molecule has 9 nitrogen and oxygen atoms in total. The van der Waals surface area contributed by atoms with Crippen molar-refractivity contribution in [2.24, 2.45) is 0 Å². The average Bonchev–Trinajstić information content (AvgIpc) is 3.61. The van der Waals surface area contributed by atoms with E-state index in [0.29, 0.717) is 31.2 Å². The van der Waals surface area contributed by atoms with E-state index in [9.17, 15) is 9.59 Å². The van der Waals surface area contributed by atoms with Crippen LogP contribution in [-0.2, 0) is 21.7 Å². The molecule has 6 rings (SSSR count). The Morgan fingerprint density at radius 3 is 2.74 bits per heavy atom. The Morgan fingerprint density at radius 2 is 1.97 bits per heavy atom. The van der Waals surface area contributed by atoms with E-state index >= 15 is 0 Å². The predicted octanol–water partition coefficient (Wildman–Crippen LogP) is 3.89. The Labute approximate surface area is 227 Å². The smallest absolute Gasteiger partial charge is 0.254 e. The Hall–Kier alpha value is -4.27. The molecule has 0 spiro atoms. The summed E-state index contributed by atoms with van der Waals surface area (Å²) in [5, 5.41) is 1.04. The maximum Gasteiger partial charge on any atom is 0.254 e.